The summed E-state index contributed by atoms with van der Waals surface area (Å²) in [6.07, 6.45) is 4.56. The summed E-state index contributed by atoms with van der Waals surface area (Å²) in [6, 6.07) is 1.04. The molecule has 1 nitrogen and oxygen atoms in total. The molecule has 9 heavy (non-hydrogen) atoms. The highest BCUT2D eigenvalue weighted by Crippen LogP contribution is 2.47. The molecular weight excluding hydrogens is 110 g/mol. The Hall–Kier alpha value is -0.0400. The highest BCUT2D eigenvalue weighted by Gasteiger charge is 2.48. The largest absolute Gasteiger partial charge is 0.300 e. The minimum Gasteiger partial charge on any atom is -0.300 e. The second-order valence-corrected chi connectivity index (χ2v) is 3.94. The molecule has 0 spiro atoms. The molecule has 1 heteroatoms. The lowest BCUT2D eigenvalue weighted by Crippen LogP contribution is -2.24. The SMILES string of the molecule is C1C2CN(C3CC3)CC12. The fourth-order valence-corrected chi connectivity index (χ4v) is 2.17. The third-order valence-electron chi connectivity index (χ3n) is 3.07. The van der Waals surface area contributed by atoms with Gasteiger partial charge in [0.1, 0.15) is 0 Å². The Labute approximate surface area is 56.0 Å². The average molecular weight is 123 g/mol. The molecule has 3 fully saturated rings. The van der Waals surface area contributed by atoms with Gasteiger partial charge >= 0.3 is 0 Å². The maximum atomic E-state index is 2.71. The Kier molecular flexibility index (Phi) is 0.704. The van der Waals surface area contributed by atoms with E-state index in [0.29, 0.717) is 0 Å². The summed E-state index contributed by atoms with van der Waals surface area (Å²) in [6.45, 7) is 2.91. The molecule has 0 amide bonds. The molecule has 2 saturated carbocycles. The Bertz CT molecular complexity index is 130. The third kappa shape index (κ3) is 0.644. The summed E-state index contributed by atoms with van der Waals surface area (Å²) in [5, 5.41) is 0. The van der Waals surface area contributed by atoms with Gasteiger partial charge in [-0.15, -0.1) is 0 Å². The summed E-state index contributed by atoms with van der Waals surface area (Å²) in [7, 11) is 0. The molecule has 0 aromatic carbocycles. The van der Waals surface area contributed by atoms with Crippen LogP contribution in [0.3, 0.4) is 0 Å². The van der Waals surface area contributed by atoms with E-state index >= 15 is 0 Å². The topological polar surface area (TPSA) is 3.24 Å². The number of rotatable bonds is 1. The van der Waals surface area contributed by atoms with Crippen LogP contribution in [0.4, 0.5) is 0 Å². The number of likely N-dealkylation sites (tertiary alicyclic amines) is 1. The number of piperidine rings is 1. The lowest BCUT2D eigenvalue weighted by molar-refractivity contribution is 0.295. The van der Waals surface area contributed by atoms with E-state index in [4.69, 9.17) is 0 Å². The molecular formula is C8H13N. The highest BCUT2D eigenvalue weighted by atomic mass is 15.2. The van der Waals surface area contributed by atoms with Gasteiger partial charge in [-0.1, -0.05) is 0 Å². The minimum absolute atomic E-state index is 1.04. The van der Waals surface area contributed by atoms with Gasteiger partial charge in [0.05, 0.1) is 0 Å². The van der Waals surface area contributed by atoms with Crippen molar-refractivity contribution in [3.05, 3.63) is 0 Å². The van der Waals surface area contributed by atoms with Gasteiger partial charge < -0.3 is 0 Å². The van der Waals surface area contributed by atoms with Crippen molar-refractivity contribution in [1.82, 2.24) is 4.90 Å². The van der Waals surface area contributed by atoms with Gasteiger partial charge in [0, 0.05) is 19.1 Å². The second kappa shape index (κ2) is 1.34. The second-order valence-electron chi connectivity index (χ2n) is 3.94. The van der Waals surface area contributed by atoms with Crippen LogP contribution in [-0.2, 0) is 0 Å². The zero-order chi connectivity index (χ0) is 5.84. The first-order valence-corrected chi connectivity index (χ1v) is 4.17. The predicted octanol–water partition coefficient (Wildman–Crippen LogP) is 1.10. The summed E-state index contributed by atoms with van der Waals surface area (Å²) in [5.41, 5.74) is 0. The molecule has 0 aromatic rings. The number of hydrogen-bond acceptors (Lipinski definition) is 1. The Morgan fingerprint density at radius 2 is 1.67 bits per heavy atom. The Morgan fingerprint density at radius 1 is 1.00 bits per heavy atom. The zero-order valence-corrected chi connectivity index (χ0v) is 5.71. The van der Waals surface area contributed by atoms with Crippen LogP contribution in [0, 0.1) is 11.8 Å². The van der Waals surface area contributed by atoms with Crippen molar-refractivity contribution >= 4 is 0 Å². The minimum atomic E-state index is 1.04. The van der Waals surface area contributed by atoms with Crippen molar-refractivity contribution in [3.8, 4) is 0 Å². The smallest absolute Gasteiger partial charge is 0.00966 e. The lowest BCUT2D eigenvalue weighted by atomic mass is 10.4. The van der Waals surface area contributed by atoms with Crippen LogP contribution < -0.4 is 0 Å². The molecule has 2 aliphatic carbocycles. The van der Waals surface area contributed by atoms with Crippen molar-refractivity contribution in [2.75, 3.05) is 13.1 Å². The quantitative estimate of drug-likeness (QED) is 0.504. The van der Waals surface area contributed by atoms with Crippen LogP contribution in [-0.4, -0.2) is 24.0 Å². The van der Waals surface area contributed by atoms with Crippen LogP contribution in [0.5, 0.6) is 0 Å². The summed E-state index contributed by atoms with van der Waals surface area (Å²) in [4.78, 5) is 2.71. The summed E-state index contributed by atoms with van der Waals surface area (Å²) >= 11 is 0. The number of fused-ring (bicyclic) bond motifs is 1. The van der Waals surface area contributed by atoms with Gasteiger partial charge in [-0.05, 0) is 31.1 Å². The molecule has 3 aliphatic rings. The fraction of sp³-hybridized carbons (Fsp3) is 1.00. The molecule has 2 atom stereocenters. The monoisotopic (exact) mass is 123 g/mol. The van der Waals surface area contributed by atoms with Crippen LogP contribution in [0.25, 0.3) is 0 Å². The first-order chi connectivity index (χ1) is 4.43. The predicted molar refractivity (Wildman–Crippen MR) is 36.2 cm³/mol. The first-order valence-electron chi connectivity index (χ1n) is 4.17. The van der Waals surface area contributed by atoms with Crippen LogP contribution in [0.15, 0.2) is 0 Å². The van der Waals surface area contributed by atoms with E-state index in [1.807, 2.05) is 0 Å². The molecule has 1 saturated heterocycles. The normalized spacial score (nSPS) is 49.3. The molecule has 3 rings (SSSR count). The summed E-state index contributed by atoms with van der Waals surface area (Å²) < 4.78 is 0. The molecule has 2 unspecified atom stereocenters. The van der Waals surface area contributed by atoms with Crippen molar-refractivity contribution in [3.63, 3.8) is 0 Å². The van der Waals surface area contributed by atoms with Crippen molar-refractivity contribution < 1.29 is 0 Å². The van der Waals surface area contributed by atoms with Crippen molar-refractivity contribution in [2.24, 2.45) is 11.8 Å². The highest BCUT2D eigenvalue weighted by molar-refractivity contribution is 5.01. The van der Waals surface area contributed by atoms with E-state index in [2.05, 4.69) is 4.90 Å². The molecule has 50 valence electrons. The van der Waals surface area contributed by atoms with E-state index in [-0.39, 0.29) is 0 Å². The maximum Gasteiger partial charge on any atom is 0.00966 e. The average Bonchev–Trinajstić information content (AvgIpc) is 2.72. The molecule has 0 N–H and O–H groups in total. The Balaban J connectivity index is 1.69. The maximum absolute atomic E-state index is 2.71. The first kappa shape index (κ1) is 4.73. The van der Waals surface area contributed by atoms with Gasteiger partial charge in [0.15, 0.2) is 0 Å². The fourth-order valence-electron chi connectivity index (χ4n) is 2.17. The third-order valence-corrected chi connectivity index (χ3v) is 3.07. The van der Waals surface area contributed by atoms with Gasteiger partial charge in [0.2, 0.25) is 0 Å². The van der Waals surface area contributed by atoms with Crippen LogP contribution >= 0.6 is 0 Å². The standard InChI is InChI=1S/C8H13N/c1-2-8(1)9-4-6-3-7(6)5-9/h6-8H,1-5H2. The lowest BCUT2D eigenvalue weighted by Gasteiger charge is -2.15. The number of hydrogen-bond donors (Lipinski definition) is 0. The van der Waals surface area contributed by atoms with E-state index in [0.717, 1.165) is 17.9 Å². The van der Waals surface area contributed by atoms with Crippen LogP contribution in [0.1, 0.15) is 19.3 Å². The Morgan fingerprint density at radius 3 is 2.22 bits per heavy atom. The van der Waals surface area contributed by atoms with Crippen LogP contribution in [0.2, 0.25) is 0 Å². The van der Waals surface area contributed by atoms with E-state index in [9.17, 15) is 0 Å². The molecule has 1 aliphatic heterocycles. The van der Waals surface area contributed by atoms with Gasteiger partial charge in [0.25, 0.3) is 0 Å². The molecule has 0 aromatic heterocycles. The van der Waals surface area contributed by atoms with E-state index < -0.39 is 0 Å². The molecule has 1 heterocycles. The van der Waals surface area contributed by atoms with Gasteiger partial charge in [-0.25, -0.2) is 0 Å². The van der Waals surface area contributed by atoms with Gasteiger partial charge in [-0.2, -0.15) is 0 Å². The van der Waals surface area contributed by atoms with E-state index in [1.54, 1.807) is 6.42 Å². The van der Waals surface area contributed by atoms with E-state index in [1.165, 1.54) is 25.9 Å². The zero-order valence-electron chi connectivity index (χ0n) is 5.71. The number of nitrogens with zero attached hydrogens (tertiary/aromatic N) is 1. The molecule has 0 radical (unpaired) electrons. The van der Waals surface area contributed by atoms with Crippen molar-refractivity contribution in [1.29, 1.82) is 0 Å². The van der Waals surface area contributed by atoms with Crippen molar-refractivity contribution in [2.45, 2.75) is 25.3 Å². The molecule has 0 bridgehead atoms. The summed E-state index contributed by atoms with van der Waals surface area (Å²) in [5.74, 6) is 2.29. The van der Waals surface area contributed by atoms with Gasteiger partial charge in [-0.3, -0.25) is 4.90 Å².